The highest BCUT2D eigenvalue weighted by Crippen LogP contribution is 2.33. The van der Waals surface area contributed by atoms with E-state index in [4.69, 9.17) is 26.6 Å². The van der Waals surface area contributed by atoms with Gasteiger partial charge < -0.3 is 15.0 Å². The summed E-state index contributed by atoms with van der Waals surface area (Å²) in [6, 6.07) is 3.50. The lowest BCUT2D eigenvalue weighted by atomic mass is 9.80. The number of nitrogens with zero attached hydrogens (tertiary/aromatic N) is 3. The molecule has 0 saturated carbocycles. The average Bonchev–Trinajstić information content (AvgIpc) is 2.99. The fourth-order valence-electron chi connectivity index (χ4n) is 2.32. The Kier molecular flexibility index (Phi) is 3.69. The van der Waals surface area contributed by atoms with Gasteiger partial charge in [0.15, 0.2) is 0 Å². The van der Waals surface area contributed by atoms with Crippen LogP contribution in [0.4, 0.5) is 0 Å². The Hall–Kier alpha value is -1.50. The molecule has 2 aromatic rings. The van der Waals surface area contributed by atoms with Crippen LogP contribution in [-0.4, -0.2) is 34.9 Å². The van der Waals surface area contributed by atoms with Gasteiger partial charge in [-0.2, -0.15) is 4.98 Å². The Bertz CT molecular complexity index is 578. The second kappa shape index (κ2) is 5.47. The van der Waals surface area contributed by atoms with E-state index in [1.165, 1.54) is 0 Å². The number of hydrogen-bond donors (Lipinski definition) is 1. The van der Waals surface area contributed by atoms with Crippen molar-refractivity contribution in [3.8, 4) is 11.5 Å². The lowest BCUT2D eigenvalue weighted by Crippen LogP contribution is -2.40. The molecule has 0 unspecified atom stereocenters. The van der Waals surface area contributed by atoms with Gasteiger partial charge in [0.25, 0.3) is 0 Å². The van der Waals surface area contributed by atoms with Crippen molar-refractivity contribution in [2.24, 2.45) is 5.73 Å². The Labute approximate surface area is 121 Å². The van der Waals surface area contributed by atoms with E-state index >= 15 is 0 Å². The number of pyridine rings is 1. The molecule has 0 radical (unpaired) electrons. The molecule has 0 amide bonds. The van der Waals surface area contributed by atoms with Gasteiger partial charge in [-0.25, -0.2) is 0 Å². The molecule has 3 heterocycles. The van der Waals surface area contributed by atoms with Crippen LogP contribution in [0, 0.1) is 0 Å². The first-order valence-corrected chi connectivity index (χ1v) is 6.85. The molecule has 2 N–H and O–H groups in total. The zero-order valence-corrected chi connectivity index (χ0v) is 11.6. The van der Waals surface area contributed by atoms with Crippen molar-refractivity contribution in [2.45, 2.75) is 18.3 Å². The quantitative estimate of drug-likeness (QED) is 0.928. The molecule has 1 aliphatic heterocycles. The largest absolute Gasteiger partial charge is 0.381 e. The van der Waals surface area contributed by atoms with Gasteiger partial charge in [0, 0.05) is 26.0 Å². The van der Waals surface area contributed by atoms with Crippen molar-refractivity contribution in [1.29, 1.82) is 0 Å². The van der Waals surface area contributed by atoms with Gasteiger partial charge in [0.1, 0.15) is 5.69 Å². The van der Waals surface area contributed by atoms with Gasteiger partial charge in [-0.15, -0.1) is 0 Å². The number of nitrogens with two attached hydrogens (primary N) is 1. The molecule has 0 aliphatic carbocycles. The Balaban J connectivity index is 1.91. The van der Waals surface area contributed by atoms with Gasteiger partial charge in [-0.05, 0) is 25.0 Å². The fraction of sp³-hybridized carbons (Fsp3) is 0.462. The van der Waals surface area contributed by atoms with Crippen LogP contribution in [0.5, 0.6) is 0 Å². The molecular formula is C13H15ClN4O2. The first-order valence-electron chi connectivity index (χ1n) is 6.47. The van der Waals surface area contributed by atoms with Crippen molar-refractivity contribution in [2.75, 3.05) is 19.8 Å². The molecule has 0 atom stereocenters. The van der Waals surface area contributed by atoms with E-state index in [-0.39, 0.29) is 5.41 Å². The van der Waals surface area contributed by atoms with Gasteiger partial charge in [0.05, 0.1) is 10.4 Å². The number of rotatable bonds is 3. The molecule has 2 aromatic heterocycles. The molecule has 20 heavy (non-hydrogen) atoms. The smallest absolute Gasteiger partial charge is 0.234 e. The molecule has 3 rings (SSSR count). The maximum absolute atomic E-state index is 5.92. The second-order valence-electron chi connectivity index (χ2n) is 4.88. The van der Waals surface area contributed by atoms with Crippen molar-refractivity contribution in [1.82, 2.24) is 15.1 Å². The van der Waals surface area contributed by atoms with Crippen molar-refractivity contribution in [3.63, 3.8) is 0 Å². The van der Waals surface area contributed by atoms with Crippen LogP contribution in [0.15, 0.2) is 22.9 Å². The molecule has 0 aromatic carbocycles. The molecule has 1 fully saturated rings. The van der Waals surface area contributed by atoms with Crippen molar-refractivity contribution < 1.29 is 9.26 Å². The van der Waals surface area contributed by atoms with E-state index in [0.29, 0.717) is 42.2 Å². The first-order chi connectivity index (χ1) is 9.73. The second-order valence-corrected chi connectivity index (χ2v) is 5.32. The summed E-state index contributed by atoms with van der Waals surface area (Å²) in [4.78, 5) is 8.64. The Morgan fingerprint density at radius 3 is 2.75 bits per heavy atom. The van der Waals surface area contributed by atoms with Crippen LogP contribution in [0.3, 0.4) is 0 Å². The number of aromatic nitrogens is 3. The van der Waals surface area contributed by atoms with Crippen molar-refractivity contribution in [3.05, 3.63) is 29.2 Å². The number of halogens is 1. The fourth-order valence-corrected chi connectivity index (χ4v) is 2.43. The van der Waals surface area contributed by atoms with Crippen LogP contribution in [0.2, 0.25) is 5.02 Å². The highest BCUT2D eigenvalue weighted by Gasteiger charge is 2.38. The van der Waals surface area contributed by atoms with E-state index in [1.807, 2.05) is 0 Å². The van der Waals surface area contributed by atoms with E-state index in [9.17, 15) is 0 Å². The third-order valence-corrected chi connectivity index (χ3v) is 3.90. The molecule has 1 aliphatic rings. The van der Waals surface area contributed by atoms with Crippen LogP contribution in [0.25, 0.3) is 11.5 Å². The molecule has 0 spiro atoms. The minimum absolute atomic E-state index is 0.282. The summed E-state index contributed by atoms with van der Waals surface area (Å²) >= 11 is 5.81. The topological polar surface area (TPSA) is 87.1 Å². The summed E-state index contributed by atoms with van der Waals surface area (Å²) in [6.07, 6.45) is 3.14. The normalized spacial score (nSPS) is 18.1. The van der Waals surface area contributed by atoms with Gasteiger partial charge in [-0.1, -0.05) is 16.8 Å². The minimum Gasteiger partial charge on any atom is -0.381 e. The molecule has 7 heteroatoms. The molecule has 0 bridgehead atoms. The Morgan fingerprint density at radius 2 is 2.10 bits per heavy atom. The van der Waals surface area contributed by atoms with Crippen LogP contribution in [0.1, 0.15) is 18.7 Å². The van der Waals surface area contributed by atoms with E-state index < -0.39 is 0 Å². The summed E-state index contributed by atoms with van der Waals surface area (Å²) < 4.78 is 10.8. The lowest BCUT2D eigenvalue weighted by Gasteiger charge is -2.32. The molecule has 106 valence electrons. The van der Waals surface area contributed by atoms with Gasteiger partial charge in [-0.3, -0.25) is 4.98 Å². The van der Waals surface area contributed by atoms with Gasteiger partial charge >= 0.3 is 0 Å². The molecular weight excluding hydrogens is 280 g/mol. The third-order valence-electron chi connectivity index (χ3n) is 3.68. The standard InChI is InChI=1S/C13H15ClN4O2/c14-9-1-2-10(16-7-9)11-17-12(20-18-11)13(8-15)3-5-19-6-4-13/h1-2,7H,3-6,8,15H2. The van der Waals surface area contributed by atoms with E-state index in [2.05, 4.69) is 15.1 Å². The van der Waals surface area contributed by atoms with Crippen LogP contribution < -0.4 is 5.73 Å². The predicted octanol–water partition coefficient (Wildman–Crippen LogP) is 1.79. The third kappa shape index (κ3) is 2.42. The first kappa shape index (κ1) is 13.5. The monoisotopic (exact) mass is 294 g/mol. The maximum Gasteiger partial charge on any atom is 0.234 e. The molecule has 6 nitrogen and oxygen atoms in total. The van der Waals surface area contributed by atoms with Crippen LogP contribution in [-0.2, 0) is 10.2 Å². The zero-order chi connectivity index (χ0) is 14.0. The molecule has 1 saturated heterocycles. The highest BCUT2D eigenvalue weighted by atomic mass is 35.5. The summed E-state index contributed by atoms with van der Waals surface area (Å²) in [5, 5.41) is 4.57. The number of hydrogen-bond acceptors (Lipinski definition) is 6. The predicted molar refractivity (Wildman–Crippen MR) is 73.3 cm³/mol. The van der Waals surface area contributed by atoms with Crippen LogP contribution >= 0.6 is 11.6 Å². The summed E-state index contributed by atoms with van der Waals surface area (Å²) in [6.45, 7) is 1.79. The maximum atomic E-state index is 5.92. The van der Waals surface area contributed by atoms with Gasteiger partial charge in [0.2, 0.25) is 11.7 Å². The van der Waals surface area contributed by atoms with E-state index in [0.717, 1.165) is 12.8 Å². The summed E-state index contributed by atoms with van der Waals surface area (Å²) in [5.41, 5.74) is 6.27. The number of ether oxygens (including phenoxy) is 1. The minimum atomic E-state index is -0.282. The SMILES string of the molecule is NCC1(c2nc(-c3ccc(Cl)cn3)no2)CCOCC1. The summed E-state index contributed by atoms with van der Waals surface area (Å²) in [7, 11) is 0. The lowest BCUT2D eigenvalue weighted by molar-refractivity contribution is 0.0409. The Morgan fingerprint density at radius 1 is 1.30 bits per heavy atom. The zero-order valence-electron chi connectivity index (χ0n) is 10.9. The van der Waals surface area contributed by atoms with E-state index in [1.54, 1.807) is 18.3 Å². The summed E-state index contributed by atoms with van der Waals surface area (Å²) in [5.74, 6) is 1.02. The highest BCUT2D eigenvalue weighted by molar-refractivity contribution is 6.30. The average molecular weight is 295 g/mol. The van der Waals surface area contributed by atoms with Crippen molar-refractivity contribution >= 4 is 11.6 Å².